The van der Waals surface area contributed by atoms with Gasteiger partial charge in [0.05, 0.1) is 0 Å². The highest BCUT2D eigenvalue weighted by Crippen LogP contribution is 1.96. The predicted molar refractivity (Wildman–Crippen MR) is 59.8 cm³/mol. The van der Waals surface area contributed by atoms with Crippen LogP contribution in [0, 0.1) is 10.1 Å². The van der Waals surface area contributed by atoms with Crippen molar-refractivity contribution in [3.05, 3.63) is 46.0 Å². The molecule has 16 heavy (non-hydrogen) atoms. The second-order valence-electron chi connectivity index (χ2n) is 2.64. The molecule has 84 valence electrons. The molecule has 0 radical (unpaired) electrons. The van der Waals surface area contributed by atoms with Crippen LogP contribution in [0.3, 0.4) is 0 Å². The molecule has 0 fully saturated rings. The quantitative estimate of drug-likeness (QED) is 0.382. The summed E-state index contributed by atoms with van der Waals surface area (Å²) in [4.78, 5) is 21.4. The summed E-state index contributed by atoms with van der Waals surface area (Å²) in [7, 11) is 0. The van der Waals surface area contributed by atoms with E-state index in [4.69, 9.17) is 0 Å². The number of amides is 1. The van der Waals surface area contributed by atoms with Crippen LogP contribution in [0.1, 0.15) is 10.4 Å². The molecule has 8 heteroatoms. The average Bonchev–Trinajstić information content (AvgIpc) is 2.26. The lowest BCUT2D eigenvalue weighted by Gasteiger charge is -2.06. The summed E-state index contributed by atoms with van der Waals surface area (Å²) in [6.45, 7) is 0. The molecule has 1 aromatic rings. The first-order chi connectivity index (χ1) is 7.59. The molecule has 0 unspecified atom stereocenters. The Bertz CT molecular complexity index is 409. The Morgan fingerprint density at radius 3 is 2.44 bits per heavy atom. The lowest BCUT2D eigenvalue weighted by Crippen LogP contribution is -2.48. The number of carbonyl (C=O) groups excluding carboxylic acids is 1. The molecular weight excluding hydrogens is 232 g/mol. The van der Waals surface area contributed by atoms with Gasteiger partial charge < -0.3 is 0 Å². The fraction of sp³-hybridized carbons (Fsp3) is 0. The fourth-order valence-electron chi connectivity index (χ4n) is 0.886. The number of hydrogen-bond acceptors (Lipinski definition) is 4. The van der Waals surface area contributed by atoms with Gasteiger partial charge in [-0.3, -0.25) is 15.6 Å². The van der Waals surface area contributed by atoms with Crippen molar-refractivity contribution < 1.29 is 9.83 Å². The largest absolute Gasteiger partial charge is 0.269 e. The van der Waals surface area contributed by atoms with Gasteiger partial charge in [-0.25, -0.2) is 10.1 Å². The van der Waals surface area contributed by atoms with Gasteiger partial charge in [-0.1, -0.05) is 23.6 Å². The third-order valence-corrected chi connectivity index (χ3v) is 1.71. The van der Waals surface area contributed by atoms with Crippen molar-refractivity contribution >= 4 is 23.2 Å². The molecule has 0 atom stereocenters. The van der Waals surface area contributed by atoms with Crippen LogP contribution < -0.4 is 16.3 Å². The Kier molecular flexibility index (Phi) is 4.16. The third kappa shape index (κ3) is 3.88. The second kappa shape index (κ2) is 5.61. The van der Waals surface area contributed by atoms with Crippen LogP contribution >= 0.6 is 12.2 Å². The number of carbonyl (C=O) groups is 1. The number of hydrazine groups is 2. The number of nitrogens with zero attached hydrogens (tertiary/aromatic N) is 1. The number of thiocarbonyl (C=S) groups is 1. The van der Waals surface area contributed by atoms with Gasteiger partial charge in [0.15, 0.2) is 5.03 Å². The van der Waals surface area contributed by atoms with E-state index < -0.39 is 10.9 Å². The van der Waals surface area contributed by atoms with Crippen molar-refractivity contribution in [2.45, 2.75) is 0 Å². The smallest absolute Gasteiger partial charge is 0.269 e. The zero-order valence-electron chi connectivity index (χ0n) is 7.97. The number of nitrogens with one attached hydrogen (secondary N) is 3. The van der Waals surface area contributed by atoms with Gasteiger partial charge in [0.25, 0.3) is 5.91 Å². The van der Waals surface area contributed by atoms with Crippen molar-refractivity contribution in [3.63, 3.8) is 0 Å². The topological polar surface area (TPSA) is 96.3 Å². The van der Waals surface area contributed by atoms with E-state index in [9.17, 15) is 14.9 Å². The standard InChI is InChI=1S/C8H8N4O3S/c13-7(6-4-2-1-3-5-6)9-10-8(16)11-12(14)15/h1-5H,(H,9,13)(H2,10,11,16). The molecule has 1 amide bonds. The summed E-state index contributed by atoms with van der Waals surface area (Å²) >= 11 is 4.52. The van der Waals surface area contributed by atoms with E-state index in [1.165, 1.54) is 0 Å². The minimum atomic E-state index is -0.829. The Balaban J connectivity index is 2.42. The molecule has 0 heterocycles. The average molecular weight is 240 g/mol. The van der Waals surface area contributed by atoms with Crippen LogP contribution in [0.2, 0.25) is 0 Å². The van der Waals surface area contributed by atoms with E-state index in [0.29, 0.717) is 5.56 Å². The first-order valence-corrected chi connectivity index (χ1v) is 4.57. The summed E-state index contributed by atoms with van der Waals surface area (Å²) in [6, 6.07) is 8.36. The van der Waals surface area contributed by atoms with Crippen LogP contribution in [-0.2, 0) is 0 Å². The number of hydrogen-bond donors (Lipinski definition) is 3. The SMILES string of the molecule is O=C(NNC(=S)N[N+](=O)[O-])c1ccccc1. The van der Waals surface area contributed by atoms with Gasteiger partial charge in [-0.2, -0.15) is 0 Å². The van der Waals surface area contributed by atoms with Gasteiger partial charge in [-0.05, 0) is 24.4 Å². The molecule has 0 saturated heterocycles. The minimum absolute atomic E-state index is 0.297. The number of benzene rings is 1. The van der Waals surface area contributed by atoms with Gasteiger partial charge in [-0.15, -0.1) is 0 Å². The number of rotatable bonds is 2. The Morgan fingerprint density at radius 2 is 1.88 bits per heavy atom. The summed E-state index contributed by atoms with van der Waals surface area (Å²) < 4.78 is 0. The van der Waals surface area contributed by atoms with Crippen molar-refractivity contribution in [3.8, 4) is 0 Å². The van der Waals surface area contributed by atoms with Crippen LogP contribution in [0.15, 0.2) is 30.3 Å². The van der Waals surface area contributed by atoms with Gasteiger partial charge in [0.2, 0.25) is 5.11 Å². The van der Waals surface area contributed by atoms with Crippen molar-refractivity contribution in [1.82, 2.24) is 16.3 Å². The highest BCUT2D eigenvalue weighted by Gasteiger charge is 2.06. The third-order valence-electron chi connectivity index (χ3n) is 1.52. The molecule has 1 aromatic carbocycles. The lowest BCUT2D eigenvalue weighted by molar-refractivity contribution is -0.525. The minimum Gasteiger partial charge on any atom is -0.269 e. The van der Waals surface area contributed by atoms with E-state index >= 15 is 0 Å². The molecule has 0 bridgehead atoms. The number of nitro groups is 1. The van der Waals surface area contributed by atoms with Crippen LogP contribution in [0.25, 0.3) is 0 Å². The summed E-state index contributed by atoms with van der Waals surface area (Å²) in [5.74, 6) is -0.437. The molecule has 0 saturated carbocycles. The van der Waals surface area contributed by atoms with Crippen molar-refractivity contribution in [2.75, 3.05) is 0 Å². The highest BCUT2D eigenvalue weighted by atomic mass is 32.1. The molecule has 0 aliphatic heterocycles. The van der Waals surface area contributed by atoms with E-state index in [1.54, 1.807) is 35.8 Å². The summed E-state index contributed by atoms with van der Waals surface area (Å²) in [6.07, 6.45) is 0. The zero-order valence-corrected chi connectivity index (χ0v) is 8.78. The predicted octanol–water partition coefficient (Wildman–Crippen LogP) is -0.0128. The maximum Gasteiger partial charge on any atom is 0.269 e. The van der Waals surface area contributed by atoms with Crippen LogP contribution in [-0.4, -0.2) is 16.1 Å². The fourth-order valence-corrected chi connectivity index (χ4v) is 1.01. The molecule has 0 aliphatic carbocycles. The van der Waals surface area contributed by atoms with Gasteiger partial charge >= 0.3 is 0 Å². The normalized spacial score (nSPS) is 9.00. The van der Waals surface area contributed by atoms with Gasteiger partial charge in [0.1, 0.15) is 0 Å². The maximum atomic E-state index is 11.4. The van der Waals surface area contributed by atoms with E-state index in [-0.39, 0.29) is 5.11 Å². The van der Waals surface area contributed by atoms with Crippen molar-refractivity contribution in [2.24, 2.45) is 0 Å². The zero-order chi connectivity index (χ0) is 12.0. The first-order valence-electron chi connectivity index (χ1n) is 4.16. The molecule has 1 rings (SSSR count). The van der Waals surface area contributed by atoms with E-state index in [0.717, 1.165) is 0 Å². The van der Waals surface area contributed by atoms with E-state index in [1.807, 2.05) is 0 Å². The van der Waals surface area contributed by atoms with E-state index in [2.05, 4.69) is 23.1 Å². The molecule has 0 aliphatic rings. The van der Waals surface area contributed by atoms with Crippen LogP contribution in [0.4, 0.5) is 0 Å². The molecule has 3 N–H and O–H groups in total. The molecule has 7 nitrogen and oxygen atoms in total. The Labute approximate surface area is 95.9 Å². The first kappa shape index (κ1) is 11.9. The highest BCUT2D eigenvalue weighted by molar-refractivity contribution is 7.80. The summed E-state index contributed by atoms with van der Waals surface area (Å²) in [5, 5.41) is 8.85. The maximum absolute atomic E-state index is 11.4. The van der Waals surface area contributed by atoms with Crippen LogP contribution in [0.5, 0.6) is 0 Å². The molecule has 0 spiro atoms. The monoisotopic (exact) mass is 240 g/mol. The lowest BCUT2D eigenvalue weighted by atomic mass is 10.2. The second-order valence-corrected chi connectivity index (χ2v) is 3.05. The Morgan fingerprint density at radius 1 is 1.25 bits per heavy atom. The molecular formula is C8H8N4O3S. The van der Waals surface area contributed by atoms with Crippen molar-refractivity contribution in [1.29, 1.82) is 0 Å². The van der Waals surface area contributed by atoms with Gasteiger partial charge in [0, 0.05) is 5.56 Å². The molecule has 0 aromatic heterocycles. The summed E-state index contributed by atoms with van der Waals surface area (Å²) in [5.41, 5.74) is 6.49. The Hall–Kier alpha value is -2.22.